The quantitative estimate of drug-likeness (QED) is 0.722. The number of Topliss-reactive ketones (excluding diaryl/α,β-unsaturated/α-hetero) is 1. The van der Waals surface area contributed by atoms with Gasteiger partial charge in [0.1, 0.15) is 23.7 Å². The normalized spacial score (nSPS) is 11.8. The summed E-state index contributed by atoms with van der Waals surface area (Å²) in [5, 5.41) is 9.40. The lowest BCUT2D eigenvalue weighted by Gasteiger charge is -2.09. The van der Waals surface area contributed by atoms with Crippen LogP contribution in [0.2, 0.25) is 0 Å². The third kappa shape index (κ3) is 2.90. The lowest BCUT2D eigenvalue weighted by atomic mass is 10.1. The molecule has 0 amide bonds. The highest BCUT2D eigenvalue weighted by Crippen LogP contribution is 2.20. The summed E-state index contributed by atoms with van der Waals surface area (Å²) in [4.78, 5) is 20.9. The SMILES string of the molecule is Cn1c(C(C#N)C(=O)COc2ccccc2)nc2cccnc21. The Morgan fingerprint density at radius 1 is 1.30 bits per heavy atom. The minimum Gasteiger partial charge on any atom is -0.486 e. The summed E-state index contributed by atoms with van der Waals surface area (Å²) in [6.07, 6.45) is 1.65. The molecule has 3 aromatic rings. The Balaban J connectivity index is 1.82. The summed E-state index contributed by atoms with van der Waals surface area (Å²) < 4.78 is 7.10. The second-order valence-corrected chi connectivity index (χ2v) is 5.01. The summed E-state index contributed by atoms with van der Waals surface area (Å²) in [5.41, 5.74) is 1.29. The molecule has 114 valence electrons. The van der Waals surface area contributed by atoms with Gasteiger partial charge in [-0.3, -0.25) is 4.79 Å². The highest BCUT2D eigenvalue weighted by molar-refractivity contribution is 5.89. The van der Waals surface area contributed by atoms with Gasteiger partial charge < -0.3 is 9.30 Å². The van der Waals surface area contributed by atoms with Crippen LogP contribution >= 0.6 is 0 Å². The van der Waals surface area contributed by atoms with E-state index in [9.17, 15) is 10.1 Å². The van der Waals surface area contributed by atoms with Gasteiger partial charge in [0.15, 0.2) is 17.3 Å². The Morgan fingerprint density at radius 3 is 2.78 bits per heavy atom. The van der Waals surface area contributed by atoms with Crippen LogP contribution in [0.15, 0.2) is 48.7 Å². The minimum absolute atomic E-state index is 0.182. The Hall–Kier alpha value is -3.20. The van der Waals surface area contributed by atoms with E-state index in [1.807, 2.05) is 24.3 Å². The molecule has 0 saturated carbocycles. The second-order valence-electron chi connectivity index (χ2n) is 5.01. The summed E-state index contributed by atoms with van der Waals surface area (Å²) in [7, 11) is 1.74. The number of carbonyl (C=O) groups excluding carboxylic acids is 1. The van der Waals surface area contributed by atoms with Crippen molar-refractivity contribution in [2.24, 2.45) is 7.05 Å². The Kier molecular flexibility index (Phi) is 4.02. The van der Waals surface area contributed by atoms with Gasteiger partial charge in [-0.1, -0.05) is 18.2 Å². The maximum absolute atomic E-state index is 12.4. The number of ether oxygens (including phenoxy) is 1. The van der Waals surface area contributed by atoms with Gasteiger partial charge in [0.05, 0.1) is 6.07 Å². The molecule has 1 atom stereocenters. The Bertz CT molecular complexity index is 880. The molecular formula is C17H14N4O2. The van der Waals surface area contributed by atoms with Gasteiger partial charge in [-0.15, -0.1) is 0 Å². The fourth-order valence-corrected chi connectivity index (χ4v) is 2.33. The van der Waals surface area contributed by atoms with Crippen LogP contribution in [-0.2, 0) is 11.8 Å². The van der Waals surface area contributed by atoms with E-state index in [1.54, 1.807) is 42.1 Å². The fraction of sp³-hybridized carbons (Fsp3) is 0.176. The molecule has 0 fully saturated rings. The molecule has 23 heavy (non-hydrogen) atoms. The van der Waals surface area contributed by atoms with Crippen LogP contribution in [0, 0.1) is 11.3 Å². The number of nitriles is 1. The predicted molar refractivity (Wildman–Crippen MR) is 83.8 cm³/mol. The molecule has 6 heteroatoms. The molecule has 6 nitrogen and oxygen atoms in total. The highest BCUT2D eigenvalue weighted by Gasteiger charge is 2.26. The number of aryl methyl sites for hydroxylation is 1. The standard InChI is InChI=1S/C17H14N4O2/c1-21-16(20-14-8-5-9-19-17(14)21)13(10-18)15(22)11-23-12-6-3-2-4-7-12/h2-9,13H,11H2,1H3. The average Bonchev–Trinajstić information content (AvgIpc) is 2.92. The van der Waals surface area contributed by atoms with Gasteiger partial charge in [0.2, 0.25) is 0 Å². The van der Waals surface area contributed by atoms with E-state index in [-0.39, 0.29) is 12.4 Å². The first-order chi connectivity index (χ1) is 11.2. The van der Waals surface area contributed by atoms with Crippen molar-refractivity contribution in [2.45, 2.75) is 5.92 Å². The lowest BCUT2D eigenvalue weighted by Crippen LogP contribution is -2.21. The van der Waals surface area contributed by atoms with Crippen molar-refractivity contribution in [1.82, 2.24) is 14.5 Å². The summed E-state index contributed by atoms with van der Waals surface area (Å²) >= 11 is 0. The van der Waals surface area contributed by atoms with E-state index in [1.165, 1.54) is 0 Å². The number of benzene rings is 1. The predicted octanol–water partition coefficient (Wildman–Crippen LogP) is 2.22. The molecule has 2 aromatic heterocycles. The number of imidazole rings is 1. The molecule has 0 spiro atoms. The van der Waals surface area contributed by atoms with E-state index in [2.05, 4.69) is 9.97 Å². The van der Waals surface area contributed by atoms with Crippen LogP contribution in [0.4, 0.5) is 0 Å². The number of nitrogens with zero attached hydrogens (tertiary/aromatic N) is 4. The summed E-state index contributed by atoms with van der Waals surface area (Å²) in [6, 6.07) is 14.6. The number of ketones is 1. The van der Waals surface area contributed by atoms with Crippen LogP contribution in [-0.4, -0.2) is 26.9 Å². The average molecular weight is 306 g/mol. The van der Waals surface area contributed by atoms with Crippen molar-refractivity contribution in [2.75, 3.05) is 6.61 Å². The van der Waals surface area contributed by atoms with Crippen molar-refractivity contribution in [1.29, 1.82) is 5.26 Å². The molecule has 0 N–H and O–H groups in total. The van der Waals surface area contributed by atoms with Crippen LogP contribution in [0.5, 0.6) is 5.75 Å². The molecule has 0 radical (unpaired) electrons. The number of fused-ring (bicyclic) bond motifs is 1. The Labute approximate surface area is 133 Å². The molecule has 0 aliphatic rings. The number of para-hydroxylation sites is 1. The molecule has 1 aromatic carbocycles. The van der Waals surface area contributed by atoms with Crippen molar-refractivity contribution in [3.63, 3.8) is 0 Å². The van der Waals surface area contributed by atoms with E-state index in [0.717, 1.165) is 0 Å². The smallest absolute Gasteiger partial charge is 0.194 e. The number of pyridine rings is 1. The van der Waals surface area contributed by atoms with Crippen LogP contribution in [0.1, 0.15) is 11.7 Å². The fourth-order valence-electron chi connectivity index (χ4n) is 2.33. The van der Waals surface area contributed by atoms with Crippen LogP contribution in [0.3, 0.4) is 0 Å². The molecule has 0 saturated heterocycles. The molecule has 0 bridgehead atoms. The molecular weight excluding hydrogens is 292 g/mol. The third-order valence-corrected chi connectivity index (χ3v) is 3.50. The maximum Gasteiger partial charge on any atom is 0.194 e. The minimum atomic E-state index is -0.988. The van der Waals surface area contributed by atoms with Gasteiger partial charge >= 0.3 is 0 Å². The first-order valence-electron chi connectivity index (χ1n) is 7.08. The third-order valence-electron chi connectivity index (χ3n) is 3.50. The van der Waals surface area contributed by atoms with Crippen molar-refractivity contribution in [3.05, 3.63) is 54.5 Å². The van der Waals surface area contributed by atoms with Gasteiger partial charge in [0, 0.05) is 13.2 Å². The zero-order chi connectivity index (χ0) is 16.2. The van der Waals surface area contributed by atoms with Crippen LogP contribution in [0.25, 0.3) is 11.2 Å². The number of hydrogen-bond donors (Lipinski definition) is 0. The highest BCUT2D eigenvalue weighted by atomic mass is 16.5. The van der Waals surface area contributed by atoms with Gasteiger partial charge in [-0.2, -0.15) is 5.26 Å². The molecule has 3 rings (SSSR count). The second kappa shape index (κ2) is 6.28. The molecule has 0 aliphatic carbocycles. The summed E-state index contributed by atoms with van der Waals surface area (Å²) in [5.74, 6) is -0.361. The first kappa shape index (κ1) is 14.7. The zero-order valence-corrected chi connectivity index (χ0v) is 12.5. The molecule has 1 unspecified atom stereocenters. The molecule has 0 aliphatic heterocycles. The van der Waals surface area contributed by atoms with Gasteiger partial charge in [-0.25, -0.2) is 9.97 Å². The van der Waals surface area contributed by atoms with Gasteiger partial charge in [-0.05, 0) is 24.3 Å². The first-order valence-corrected chi connectivity index (χ1v) is 7.08. The number of hydrogen-bond acceptors (Lipinski definition) is 5. The number of rotatable bonds is 5. The number of carbonyl (C=O) groups is 1. The van der Waals surface area contributed by atoms with E-state index >= 15 is 0 Å². The van der Waals surface area contributed by atoms with Crippen LogP contribution < -0.4 is 4.74 Å². The lowest BCUT2D eigenvalue weighted by molar-refractivity contribution is -0.121. The number of aromatic nitrogens is 3. The summed E-state index contributed by atoms with van der Waals surface area (Å²) in [6.45, 7) is -0.182. The van der Waals surface area contributed by atoms with Crippen molar-refractivity contribution in [3.8, 4) is 11.8 Å². The maximum atomic E-state index is 12.4. The van der Waals surface area contributed by atoms with E-state index in [0.29, 0.717) is 22.7 Å². The van der Waals surface area contributed by atoms with Gasteiger partial charge in [0.25, 0.3) is 0 Å². The van der Waals surface area contributed by atoms with E-state index in [4.69, 9.17) is 4.74 Å². The Morgan fingerprint density at radius 2 is 2.09 bits per heavy atom. The zero-order valence-electron chi connectivity index (χ0n) is 12.5. The van der Waals surface area contributed by atoms with Crippen molar-refractivity contribution < 1.29 is 9.53 Å². The molecule has 2 heterocycles. The van der Waals surface area contributed by atoms with E-state index < -0.39 is 5.92 Å². The van der Waals surface area contributed by atoms with Crippen molar-refractivity contribution >= 4 is 16.9 Å². The monoisotopic (exact) mass is 306 g/mol. The largest absolute Gasteiger partial charge is 0.486 e. The topological polar surface area (TPSA) is 80.8 Å².